The molecule has 1 aromatic carbocycles. The molecule has 1 N–H and O–H groups in total. The molecule has 2 aliphatic heterocycles. The number of morpholine rings is 1. The molecule has 2 aliphatic rings. The fourth-order valence-electron chi connectivity index (χ4n) is 2.80. The number of nitrogens with one attached hydrogen (secondary N) is 1. The second-order valence-corrected chi connectivity index (χ2v) is 7.82. The van der Waals surface area contributed by atoms with E-state index in [1.54, 1.807) is 24.3 Å². The van der Waals surface area contributed by atoms with Gasteiger partial charge >= 0.3 is 0 Å². The van der Waals surface area contributed by atoms with Crippen LogP contribution in [0, 0.1) is 0 Å². The molecule has 2 saturated heterocycles. The average molecular weight is 354 g/mol. The summed E-state index contributed by atoms with van der Waals surface area (Å²) in [5.41, 5.74) is 0.849. The van der Waals surface area contributed by atoms with Crippen molar-refractivity contribution < 1.29 is 22.7 Å². The van der Waals surface area contributed by atoms with Gasteiger partial charge in [-0.25, -0.2) is 8.42 Å². The number of sulfonamides is 1. The van der Waals surface area contributed by atoms with Gasteiger partial charge in [0.1, 0.15) is 6.10 Å². The molecule has 2 heterocycles. The molecule has 0 aromatic heterocycles. The SMILES string of the molecule is O=C(NCc1ccc(S(=O)(=O)N2CCOCC2)cc1)C1CCCO1. The minimum absolute atomic E-state index is 0.113. The number of rotatable bonds is 5. The molecule has 0 spiro atoms. The van der Waals surface area contributed by atoms with Crippen molar-refractivity contribution in [2.24, 2.45) is 0 Å². The van der Waals surface area contributed by atoms with Crippen LogP contribution < -0.4 is 5.32 Å². The number of ether oxygens (including phenoxy) is 2. The van der Waals surface area contributed by atoms with Crippen molar-refractivity contribution in [1.82, 2.24) is 9.62 Å². The highest BCUT2D eigenvalue weighted by atomic mass is 32.2. The standard InChI is InChI=1S/C16H22N2O5S/c19-16(15-2-1-9-23-15)17-12-13-3-5-14(6-4-13)24(20,21)18-7-10-22-11-8-18/h3-6,15H,1-2,7-12H2,(H,17,19). The van der Waals surface area contributed by atoms with Crippen LogP contribution in [0.25, 0.3) is 0 Å². The Morgan fingerprint density at radius 3 is 2.50 bits per heavy atom. The van der Waals surface area contributed by atoms with Gasteiger partial charge in [0.05, 0.1) is 18.1 Å². The van der Waals surface area contributed by atoms with Crippen LogP contribution in [0.5, 0.6) is 0 Å². The van der Waals surface area contributed by atoms with Gasteiger partial charge in [-0.1, -0.05) is 12.1 Å². The lowest BCUT2D eigenvalue weighted by Crippen LogP contribution is -2.40. The first-order valence-electron chi connectivity index (χ1n) is 8.13. The van der Waals surface area contributed by atoms with Crippen molar-refractivity contribution >= 4 is 15.9 Å². The molecule has 0 aliphatic carbocycles. The highest BCUT2D eigenvalue weighted by Gasteiger charge is 2.26. The summed E-state index contributed by atoms with van der Waals surface area (Å²) in [4.78, 5) is 12.2. The summed E-state index contributed by atoms with van der Waals surface area (Å²) in [7, 11) is -3.48. The van der Waals surface area contributed by atoms with Gasteiger partial charge < -0.3 is 14.8 Å². The number of carbonyl (C=O) groups is 1. The van der Waals surface area contributed by atoms with Gasteiger partial charge in [-0.05, 0) is 30.5 Å². The van der Waals surface area contributed by atoms with E-state index in [0.717, 1.165) is 18.4 Å². The van der Waals surface area contributed by atoms with Gasteiger partial charge in [-0.15, -0.1) is 0 Å². The Bertz CT molecular complexity index is 662. The molecule has 24 heavy (non-hydrogen) atoms. The van der Waals surface area contributed by atoms with Crippen LogP contribution in [0.1, 0.15) is 18.4 Å². The number of hydrogen-bond acceptors (Lipinski definition) is 5. The van der Waals surface area contributed by atoms with Gasteiger partial charge in [0.2, 0.25) is 15.9 Å². The van der Waals surface area contributed by atoms with Crippen LogP contribution in [0.3, 0.4) is 0 Å². The molecule has 0 radical (unpaired) electrons. The molecule has 132 valence electrons. The number of carbonyl (C=O) groups excluding carboxylic acids is 1. The second kappa shape index (κ2) is 7.60. The van der Waals surface area contributed by atoms with Crippen molar-refractivity contribution in [2.75, 3.05) is 32.9 Å². The van der Waals surface area contributed by atoms with Gasteiger partial charge in [0.15, 0.2) is 0 Å². The van der Waals surface area contributed by atoms with E-state index in [9.17, 15) is 13.2 Å². The summed E-state index contributed by atoms with van der Waals surface area (Å²) in [5, 5.41) is 2.82. The molecule has 8 heteroatoms. The Morgan fingerprint density at radius 2 is 1.88 bits per heavy atom. The predicted octanol–water partition coefficient (Wildman–Crippen LogP) is 0.503. The van der Waals surface area contributed by atoms with Crippen LogP contribution in [-0.4, -0.2) is 57.6 Å². The number of benzene rings is 1. The van der Waals surface area contributed by atoms with Crippen molar-refractivity contribution in [3.05, 3.63) is 29.8 Å². The third kappa shape index (κ3) is 3.94. The van der Waals surface area contributed by atoms with Crippen LogP contribution >= 0.6 is 0 Å². The van der Waals surface area contributed by atoms with Gasteiger partial charge in [0.25, 0.3) is 0 Å². The van der Waals surface area contributed by atoms with Crippen molar-refractivity contribution in [1.29, 1.82) is 0 Å². The molecule has 0 saturated carbocycles. The van der Waals surface area contributed by atoms with Gasteiger partial charge in [-0.2, -0.15) is 4.31 Å². The molecule has 1 aromatic rings. The predicted molar refractivity (Wildman–Crippen MR) is 86.8 cm³/mol. The van der Waals surface area contributed by atoms with Crippen LogP contribution in [0.4, 0.5) is 0 Å². The number of hydrogen-bond donors (Lipinski definition) is 1. The average Bonchev–Trinajstić information content (AvgIpc) is 3.15. The molecule has 0 bridgehead atoms. The first kappa shape index (κ1) is 17.3. The van der Waals surface area contributed by atoms with Crippen LogP contribution in [-0.2, 0) is 30.8 Å². The van der Waals surface area contributed by atoms with Crippen LogP contribution in [0.15, 0.2) is 29.2 Å². The molecular formula is C16H22N2O5S. The molecule has 7 nitrogen and oxygen atoms in total. The minimum atomic E-state index is -3.48. The third-order valence-corrected chi connectivity index (χ3v) is 6.13. The summed E-state index contributed by atoms with van der Waals surface area (Å²) in [6.45, 7) is 2.59. The van der Waals surface area contributed by atoms with E-state index >= 15 is 0 Å². The zero-order chi connectivity index (χ0) is 17.0. The first-order valence-corrected chi connectivity index (χ1v) is 9.57. The number of amides is 1. The van der Waals surface area contributed by atoms with E-state index in [1.807, 2.05) is 0 Å². The van der Waals surface area contributed by atoms with Crippen LogP contribution in [0.2, 0.25) is 0 Å². The third-order valence-electron chi connectivity index (χ3n) is 4.22. The fraction of sp³-hybridized carbons (Fsp3) is 0.562. The molecule has 2 fully saturated rings. The summed E-state index contributed by atoms with van der Waals surface area (Å²) in [6, 6.07) is 6.61. The smallest absolute Gasteiger partial charge is 0.249 e. The highest BCUT2D eigenvalue weighted by Crippen LogP contribution is 2.18. The van der Waals surface area contributed by atoms with Crippen molar-refractivity contribution in [2.45, 2.75) is 30.4 Å². The summed E-state index contributed by atoms with van der Waals surface area (Å²) in [6.07, 6.45) is 1.31. The Balaban J connectivity index is 1.59. The Morgan fingerprint density at radius 1 is 1.17 bits per heavy atom. The lowest BCUT2D eigenvalue weighted by Gasteiger charge is -2.26. The maximum absolute atomic E-state index is 12.5. The van der Waals surface area contributed by atoms with E-state index < -0.39 is 10.0 Å². The Kier molecular flexibility index (Phi) is 5.50. The highest BCUT2D eigenvalue weighted by molar-refractivity contribution is 7.89. The van der Waals surface area contributed by atoms with E-state index in [4.69, 9.17) is 9.47 Å². The van der Waals surface area contributed by atoms with E-state index in [-0.39, 0.29) is 16.9 Å². The molecular weight excluding hydrogens is 332 g/mol. The summed E-state index contributed by atoms with van der Waals surface area (Å²) in [5.74, 6) is -0.113. The molecule has 1 unspecified atom stereocenters. The number of nitrogens with zero attached hydrogens (tertiary/aromatic N) is 1. The summed E-state index contributed by atoms with van der Waals surface area (Å²) < 4.78 is 37.0. The summed E-state index contributed by atoms with van der Waals surface area (Å²) >= 11 is 0. The van der Waals surface area contributed by atoms with Gasteiger partial charge in [0, 0.05) is 26.2 Å². The zero-order valence-corrected chi connectivity index (χ0v) is 14.3. The van der Waals surface area contributed by atoms with E-state index in [0.29, 0.717) is 39.5 Å². The molecule has 1 amide bonds. The van der Waals surface area contributed by atoms with Crippen molar-refractivity contribution in [3.8, 4) is 0 Å². The normalized spacial score (nSPS) is 22.4. The zero-order valence-electron chi connectivity index (χ0n) is 13.4. The molecule has 1 atom stereocenters. The van der Waals surface area contributed by atoms with E-state index in [1.165, 1.54) is 4.31 Å². The molecule has 3 rings (SSSR count). The fourth-order valence-corrected chi connectivity index (χ4v) is 4.21. The maximum Gasteiger partial charge on any atom is 0.249 e. The van der Waals surface area contributed by atoms with E-state index in [2.05, 4.69) is 5.32 Å². The minimum Gasteiger partial charge on any atom is -0.379 e. The lowest BCUT2D eigenvalue weighted by molar-refractivity contribution is -0.130. The Hall–Kier alpha value is -1.48. The monoisotopic (exact) mass is 354 g/mol. The largest absolute Gasteiger partial charge is 0.379 e. The maximum atomic E-state index is 12.5. The quantitative estimate of drug-likeness (QED) is 0.832. The second-order valence-electron chi connectivity index (χ2n) is 5.88. The first-order chi connectivity index (χ1) is 11.6. The Labute approximate surface area is 142 Å². The lowest BCUT2D eigenvalue weighted by atomic mass is 10.2. The topological polar surface area (TPSA) is 84.9 Å². The van der Waals surface area contributed by atoms with Crippen molar-refractivity contribution in [3.63, 3.8) is 0 Å². The van der Waals surface area contributed by atoms with Gasteiger partial charge in [-0.3, -0.25) is 4.79 Å².